The summed E-state index contributed by atoms with van der Waals surface area (Å²) in [6.07, 6.45) is 1.09. The molecule has 8 heteroatoms. The minimum atomic E-state index is -0.585. The highest BCUT2D eigenvalue weighted by Gasteiger charge is 2.23. The number of amides is 2. The first-order chi connectivity index (χ1) is 13.3. The van der Waals surface area contributed by atoms with E-state index >= 15 is 0 Å². The van der Waals surface area contributed by atoms with Crippen LogP contribution < -0.4 is 15.4 Å². The lowest BCUT2D eigenvalue weighted by atomic mass is 10.0. The van der Waals surface area contributed by atoms with E-state index < -0.39 is 11.7 Å². The number of nitrogens with zero attached hydrogens (tertiary/aromatic N) is 1. The van der Waals surface area contributed by atoms with Crippen LogP contribution in [0.5, 0.6) is 5.75 Å². The molecule has 1 fully saturated rings. The number of fused-ring (bicyclic) bond motifs is 1. The molecular formula is C20H29N3O5. The molecule has 2 heterocycles. The summed E-state index contributed by atoms with van der Waals surface area (Å²) >= 11 is 0. The Morgan fingerprint density at radius 1 is 1.11 bits per heavy atom. The first-order valence-electron chi connectivity index (χ1n) is 9.70. The molecule has 28 heavy (non-hydrogen) atoms. The average Bonchev–Trinajstić information content (AvgIpc) is 2.63. The number of hydrogen-bond donors (Lipinski definition) is 2. The molecule has 0 aliphatic carbocycles. The number of ether oxygens (including phenoxy) is 3. The van der Waals surface area contributed by atoms with Gasteiger partial charge in [0.05, 0.1) is 32.1 Å². The van der Waals surface area contributed by atoms with Gasteiger partial charge in [-0.15, -0.1) is 0 Å². The highest BCUT2D eigenvalue weighted by Crippen LogP contribution is 2.38. The fourth-order valence-corrected chi connectivity index (χ4v) is 3.25. The van der Waals surface area contributed by atoms with Crippen LogP contribution in [0.25, 0.3) is 0 Å². The fourth-order valence-electron chi connectivity index (χ4n) is 3.25. The second-order valence-electron chi connectivity index (χ2n) is 7.98. The monoisotopic (exact) mass is 391 g/mol. The number of benzene rings is 1. The molecule has 0 radical (unpaired) electrons. The molecule has 2 amide bonds. The van der Waals surface area contributed by atoms with Crippen molar-refractivity contribution in [3.05, 3.63) is 17.7 Å². The molecule has 1 aromatic rings. The minimum Gasteiger partial charge on any atom is -0.491 e. The SMILES string of the molecule is CC(C)(C)OC(=O)Nc1ccc(NC(=O)CN2CCOCC2)c2c1OCCC2. The molecule has 2 aliphatic rings. The Bertz CT molecular complexity index is 723. The number of carbonyl (C=O) groups is 2. The summed E-state index contributed by atoms with van der Waals surface area (Å²) in [5.74, 6) is 0.531. The Morgan fingerprint density at radius 2 is 1.82 bits per heavy atom. The van der Waals surface area contributed by atoms with Crippen LogP contribution in [0.1, 0.15) is 32.8 Å². The van der Waals surface area contributed by atoms with Gasteiger partial charge in [-0.1, -0.05) is 0 Å². The first kappa shape index (κ1) is 20.4. The van der Waals surface area contributed by atoms with E-state index in [1.807, 2.05) is 20.8 Å². The van der Waals surface area contributed by atoms with Gasteiger partial charge in [-0.2, -0.15) is 0 Å². The first-order valence-corrected chi connectivity index (χ1v) is 9.70. The van der Waals surface area contributed by atoms with Gasteiger partial charge in [0, 0.05) is 24.3 Å². The van der Waals surface area contributed by atoms with Crippen LogP contribution >= 0.6 is 0 Å². The van der Waals surface area contributed by atoms with Crippen molar-refractivity contribution < 1.29 is 23.8 Å². The van der Waals surface area contributed by atoms with Gasteiger partial charge in [0.2, 0.25) is 5.91 Å². The Labute approximate surface area is 165 Å². The van der Waals surface area contributed by atoms with Crippen molar-refractivity contribution in [3.63, 3.8) is 0 Å². The number of nitrogens with one attached hydrogen (secondary N) is 2. The van der Waals surface area contributed by atoms with Gasteiger partial charge in [-0.05, 0) is 45.7 Å². The molecule has 3 rings (SSSR count). The van der Waals surface area contributed by atoms with E-state index in [-0.39, 0.29) is 5.91 Å². The van der Waals surface area contributed by atoms with Gasteiger partial charge in [0.25, 0.3) is 0 Å². The molecule has 1 aromatic carbocycles. The summed E-state index contributed by atoms with van der Waals surface area (Å²) in [5, 5.41) is 5.74. The summed E-state index contributed by atoms with van der Waals surface area (Å²) in [6, 6.07) is 3.54. The molecule has 0 saturated carbocycles. The van der Waals surface area contributed by atoms with Gasteiger partial charge in [0.1, 0.15) is 11.4 Å². The summed E-state index contributed by atoms with van der Waals surface area (Å²) < 4.78 is 16.4. The molecule has 2 aliphatic heterocycles. The maximum Gasteiger partial charge on any atom is 0.412 e. The van der Waals surface area contributed by atoms with Crippen LogP contribution in [-0.4, -0.2) is 62.0 Å². The lowest BCUT2D eigenvalue weighted by Crippen LogP contribution is -2.41. The van der Waals surface area contributed by atoms with E-state index in [1.165, 1.54) is 0 Å². The molecule has 0 unspecified atom stereocenters. The predicted octanol–water partition coefficient (Wildman–Crippen LogP) is 2.63. The molecule has 0 aromatic heterocycles. The van der Waals surface area contributed by atoms with E-state index in [0.717, 1.165) is 37.2 Å². The molecule has 154 valence electrons. The fraction of sp³-hybridized carbons (Fsp3) is 0.600. The number of rotatable bonds is 4. The van der Waals surface area contributed by atoms with Gasteiger partial charge >= 0.3 is 6.09 Å². The lowest BCUT2D eigenvalue weighted by molar-refractivity contribution is -0.118. The number of anilines is 2. The van der Waals surface area contributed by atoms with E-state index in [1.54, 1.807) is 12.1 Å². The Hall–Kier alpha value is -2.32. The van der Waals surface area contributed by atoms with E-state index in [4.69, 9.17) is 14.2 Å². The van der Waals surface area contributed by atoms with Crippen LogP contribution in [0.15, 0.2) is 12.1 Å². The highest BCUT2D eigenvalue weighted by molar-refractivity contribution is 5.95. The van der Waals surface area contributed by atoms with Crippen LogP contribution in [0.4, 0.5) is 16.2 Å². The Morgan fingerprint density at radius 3 is 2.54 bits per heavy atom. The van der Waals surface area contributed by atoms with E-state index in [2.05, 4.69) is 15.5 Å². The zero-order valence-corrected chi connectivity index (χ0v) is 16.8. The van der Waals surface area contributed by atoms with Crippen molar-refractivity contribution in [2.24, 2.45) is 0 Å². The largest absolute Gasteiger partial charge is 0.491 e. The smallest absolute Gasteiger partial charge is 0.412 e. The summed E-state index contributed by atoms with van der Waals surface area (Å²) in [6.45, 7) is 9.16. The van der Waals surface area contributed by atoms with Crippen LogP contribution in [-0.2, 0) is 20.7 Å². The molecule has 2 N–H and O–H groups in total. The third-order valence-corrected chi connectivity index (χ3v) is 4.46. The maximum absolute atomic E-state index is 12.5. The maximum atomic E-state index is 12.5. The second kappa shape index (κ2) is 8.79. The normalized spacial score (nSPS) is 17.2. The van der Waals surface area contributed by atoms with Gasteiger partial charge in [-0.3, -0.25) is 15.0 Å². The van der Waals surface area contributed by atoms with Crippen molar-refractivity contribution in [2.75, 3.05) is 50.1 Å². The quantitative estimate of drug-likeness (QED) is 0.820. The molecule has 0 atom stereocenters. The Kier molecular flexibility index (Phi) is 6.41. The van der Waals surface area contributed by atoms with Crippen LogP contribution in [0.2, 0.25) is 0 Å². The zero-order chi connectivity index (χ0) is 20.1. The topological polar surface area (TPSA) is 89.1 Å². The second-order valence-corrected chi connectivity index (χ2v) is 7.98. The molecule has 0 spiro atoms. The third-order valence-electron chi connectivity index (χ3n) is 4.46. The highest BCUT2D eigenvalue weighted by atomic mass is 16.6. The molecule has 8 nitrogen and oxygen atoms in total. The van der Waals surface area contributed by atoms with Gasteiger partial charge < -0.3 is 19.5 Å². The summed E-state index contributed by atoms with van der Waals surface area (Å²) in [5.41, 5.74) is 1.59. The standard InChI is InChI=1S/C20H29N3O5/c1-20(2,3)28-19(25)22-16-7-6-15(14-5-4-10-27-18(14)16)21-17(24)13-23-8-11-26-12-9-23/h6-7H,4-5,8-13H2,1-3H3,(H,21,24)(H,22,25). The van der Waals surface area contributed by atoms with E-state index in [0.29, 0.717) is 37.8 Å². The minimum absolute atomic E-state index is 0.0671. The lowest BCUT2D eigenvalue weighted by Gasteiger charge is -2.27. The molecular weight excluding hydrogens is 362 g/mol. The Balaban J connectivity index is 1.70. The van der Waals surface area contributed by atoms with E-state index in [9.17, 15) is 9.59 Å². The van der Waals surface area contributed by atoms with Crippen molar-refractivity contribution in [3.8, 4) is 5.75 Å². The number of carbonyl (C=O) groups excluding carboxylic acids is 2. The summed E-state index contributed by atoms with van der Waals surface area (Å²) in [7, 11) is 0. The van der Waals surface area contributed by atoms with Crippen LogP contribution in [0.3, 0.4) is 0 Å². The molecule has 0 bridgehead atoms. The number of morpholine rings is 1. The average molecular weight is 391 g/mol. The van der Waals surface area contributed by atoms with Crippen molar-refractivity contribution >= 4 is 23.4 Å². The number of hydrogen-bond acceptors (Lipinski definition) is 6. The van der Waals surface area contributed by atoms with Crippen molar-refractivity contribution in [2.45, 2.75) is 39.2 Å². The zero-order valence-electron chi connectivity index (χ0n) is 16.8. The van der Waals surface area contributed by atoms with Crippen molar-refractivity contribution in [1.29, 1.82) is 0 Å². The van der Waals surface area contributed by atoms with Crippen LogP contribution in [0, 0.1) is 0 Å². The molecule has 1 saturated heterocycles. The van der Waals surface area contributed by atoms with Crippen molar-refractivity contribution in [1.82, 2.24) is 4.90 Å². The predicted molar refractivity (Wildman–Crippen MR) is 106 cm³/mol. The third kappa shape index (κ3) is 5.59. The summed E-state index contributed by atoms with van der Waals surface area (Å²) in [4.78, 5) is 26.7. The van der Waals surface area contributed by atoms with Gasteiger partial charge in [-0.25, -0.2) is 4.79 Å². The van der Waals surface area contributed by atoms with Gasteiger partial charge in [0.15, 0.2) is 0 Å².